The maximum absolute atomic E-state index is 10.8. The topological polar surface area (TPSA) is 57.6 Å². The molecule has 0 unspecified atom stereocenters. The zero-order chi connectivity index (χ0) is 15.1. The monoisotopic (exact) mass is 327 g/mol. The first-order chi connectivity index (χ1) is 8.76. The highest BCUT2D eigenvalue weighted by Gasteiger charge is 2.15. The number of aromatic hydroxyl groups is 1. The Morgan fingerprint density at radius 3 is 1.89 bits per heavy atom. The molecule has 0 radical (unpaired) electrons. The zero-order valence-electron chi connectivity index (χ0n) is 11.2. The van der Waals surface area contributed by atoms with Gasteiger partial charge < -0.3 is 10.0 Å². The lowest BCUT2D eigenvalue weighted by Gasteiger charge is -2.13. The van der Waals surface area contributed by atoms with Crippen molar-refractivity contribution in [2.45, 2.75) is 25.7 Å². The third-order valence-corrected chi connectivity index (χ3v) is 4.11. The number of benzene rings is 1. The van der Waals surface area contributed by atoms with E-state index >= 15 is 0 Å². The van der Waals surface area contributed by atoms with Crippen molar-refractivity contribution >= 4 is 31.3 Å². The molecule has 4 nitrogen and oxygen atoms in total. The molecule has 0 atom stereocenters. The van der Waals surface area contributed by atoms with Crippen LogP contribution in [0.25, 0.3) is 0 Å². The molecule has 19 heavy (non-hydrogen) atoms. The smallest absolute Gasteiger partial charge is 0.265 e. The van der Waals surface area contributed by atoms with Crippen molar-refractivity contribution in [3.8, 4) is 5.75 Å². The molecule has 0 spiro atoms. The molecule has 0 saturated carbocycles. The highest BCUT2D eigenvalue weighted by Crippen LogP contribution is 2.28. The van der Waals surface area contributed by atoms with Crippen molar-refractivity contribution in [3.05, 3.63) is 23.2 Å². The van der Waals surface area contributed by atoms with Crippen LogP contribution in [0.5, 0.6) is 5.75 Å². The normalized spacial score (nSPS) is 11.1. The van der Waals surface area contributed by atoms with E-state index in [1.54, 1.807) is 0 Å². The summed E-state index contributed by atoms with van der Waals surface area (Å²) in [6.45, 7) is 10.1. The molecule has 0 aliphatic carbocycles. The average molecular weight is 328 g/mol. The predicted octanol–water partition coefficient (Wildman–Crippen LogP) is 3.32. The fourth-order valence-electron chi connectivity index (χ4n) is 1.35. The van der Waals surface area contributed by atoms with E-state index in [1.165, 1.54) is 25.7 Å². The molecule has 0 saturated heterocycles. The minimum Gasteiger partial charge on any atom is -0.507 e. The number of rotatable bonds is 4. The van der Waals surface area contributed by atoms with Crippen molar-refractivity contribution < 1.29 is 13.5 Å². The predicted molar refractivity (Wildman–Crippen MR) is 79.6 cm³/mol. The van der Waals surface area contributed by atoms with E-state index in [4.69, 9.17) is 27.4 Å². The lowest BCUT2D eigenvalue weighted by molar-refractivity contribution is 0.321. The minimum atomic E-state index is -3.92. The summed E-state index contributed by atoms with van der Waals surface area (Å²) in [7, 11) is 1.07. The van der Waals surface area contributed by atoms with Gasteiger partial charge in [-0.3, -0.25) is 0 Å². The van der Waals surface area contributed by atoms with Gasteiger partial charge in [0.15, 0.2) is 0 Å². The third kappa shape index (κ3) is 7.01. The van der Waals surface area contributed by atoms with Gasteiger partial charge in [-0.1, -0.05) is 32.4 Å². The lowest BCUT2D eigenvalue weighted by Crippen LogP contribution is -2.21. The highest BCUT2D eigenvalue weighted by atomic mass is 35.7. The van der Waals surface area contributed by atoms with Gasteiger partial charge in [0.05, 0.1) is 0 Å². The quantitative estimate of drug-likeness (QED) is 0.862. The number of nitrogens with zero attached hydrogens (tertiary/aromatic N) is 1. The maximum atomic E-state index is 10.8. The molecule has 0 aromatic heterocycles. The molecule has 1 rings (SSSR count). The Balaban J connectivity index is 0.000000399. The first kappa shape index (κ1) is 18.5. The summed E-state index contributed by atoms with van der Waals surface area (Å²) in [6, 6.07) is 3.61. The molecule has 1 aromatic carbocycles. The summed E-state index contributed by atoms with van der Waals surface area (Å²) < 4.78 is 21.5. The Bertz CT molecular complexity index is 482. The van der Waals surface area contributed by atoms with E-state index in [9.17, 15) is 8.42 Å². The van der Waals surface area contributed by atoms with Crippen LogP contribution < -0.4 is 0 Å². The summed E-state index contributed by atoms with van der Waals surface area (Å²) in [5, 5.41) is 9.25. The largest absolute Gasteiger partial charge is 0.507 e. The lowest BCUT2D eigenvalue weighted by atomic mass is 10.3. The molecule has 1 N–H and O–H groups in total. The average Bonchev–Trinajstić information content (AvgIpc) is 2.34. The van der Waals surface area contributed by atoms with Gasteiger partial charge in [0.2, 0.25) is 0 Å². The van der Waals surface area contributed by atoms with Crippen molar-refractivity contribution in [1.29, 1.82) is 0 Å². The van der Waals surface area contributed by atoms with Crippen molar-refractivity contribution in [1.82, 2.24) is 4.90 Å². The molecule has 7 heteroatoms. The van der Waals surface area contributed by atoms with Crippen LogP contribution in [0, 0.1) is 0 Å². The Labute approximate surface area is 124 Å². The van der Waals surface area contributed by atoms with E-state index in [1.807, 2.05) is 0 Å². The van der Waals surface area contributed by atoms with Gasteiger partial charge in [-0.25, -0.2) is 8.42 Å². The molecule has 0 heterocycles. The summed E-state index contributed by atoms with van der Waals surface area (Å²) in [6.07, 6.45) is 0. The first-order valence-corrected chi connectivity index (χ1v) is 8.60. The fraction of sp³-hybridized carbons (Fsp3) is 0.500. The molecule has 1 aromatic rings. The van der Waals surface area contributed by atoms with Crippen LogP contribution in [0.1, 0.15) is 20.8 Å². The van der Waals surface area contributed by atoms with Crippen molar-refractivity contribution in [3.63, 3.8) is 0 Å². The molecule has 0 aliphatic rings. The van der Waals surface area contributed by atoms with Crippen LogP contribution in [0.2, 0.25) is 5.02 Å². The van der Waals surface area contributed by atoms with E-state index < -0.39 is 14.8 Å². The van der Waals surface area contributed by atoms with Gasteiger partial charge in [0.1, 0.15) is 10.6 Å². The molecule has 0 amide bonds. The molecular weight excluding hydrogens is 309 g/mol. The van der Waals surface area contributed by atoms with Crippen LogP contribution in [0.3, 0.4) is 0 Å². The molecule has 110 valence electrons. The highest BCUT2D eigenvalue weighted by molar-refractivity contribution is 8.13. The Morgan fingerprint density at radius 1 is 1.16 bits per heavy atom. The number of hydrogen-bond donors (Lipinski definition) is 1. The number of phenolic OH excluding ortho intramolecular Hbond substituents is 1. The van der Waals surface area contributed by atoms with Gasteiger partial charge in [-0.15, -0.1) is 0 Å². The fourth-order valence-corrected chi connectivity index (χ4v) is 2.55. The molecular formula is C12H19Cl2NO3S. The van der Waals surface area contributed by atoms with Gasteiger partial charge in [0, 0.05) is 15.7 Å². The van der Waals surface area contributed by atoms with E-state index in [0.717, 1.165) is 12.1 Å². The second-order valence-corrected chi connectivity index (χ2v) is 6.64. The van der Waals surface area contributed by atoms with Crippen LogP contribution >= 0.6 is 22.3 Å². The van der Waals surface area contributed by atoms with Crippen molar-refractivity contribution in [2.75, 3.05) is 19.6 Å². The maximum Gasteiger partial charge on any atom is 0.265 e. The van der Waals surface area contributed by atoms with Crippen LogP contribution in [0.4, 0.5) is 0 Å². The van der Waals surface area contributed by atoms with Gasteiger partial charge in [-0.2, -0.15) is 0 Å². The zero-order valence-corrected chi connectivity index (χ0v) is 13.6. The van der Waals surface area contributed by atoms with Gasteiger partial charge in [0.25, 0.3) is 9.05 Å². The van der Waals surface area contributed by atoms with E-state index in [-0.39, 0.29) is 9.92 Å². The molecule has 0 bridgehead atoms. The summed E-state index contributed by atoms with van der Waals surface area (Å²) in [5.74, 6) is -0.408. The van der Waals surface area contributed by atoms with E-state index in [0.29, 0.717) is 0 Å². The molecule has 0 aliphatic heterocycles. The number of halogens is 2. The summed E-state index contributed by atoms with van der Waals surface area (Å²) in [4.78, 5) is 2.00. The Hall–Kier alpha value is -0.490. The Kier molecular flexibility index (Phi) is 8.41. The Morgan fingerprint density at radius 2 is 1.63 bits per heavy atom. The first-order valence-electron chi connectivity index (χ1n) is 5.91. The van der Waals surface area contributed by atoms with Crippen molar-refractivity contribution in [2.24, 2.45) is 0 Å². The second kappa shape index (κ2) is 8.64. The van der Waals surface area contributed by atoms with Gasteiger partial charge in [-0.05, 0) is 37.8 Å². The summed E-state index contributed by atoms with van der Waals surface area (Å²) in [5.41, 5.74) is 0. The third-order valence-electron chi connectivity index (χ3n) is 2.53. The van der Waals surface area contributed by atoms with Crippen LogP contribution in [0.15, 0.2) is 23.1 Å². The second-order valence-electron chi connectivity index (χ2n) is 3.67. The number of hydrogen-bond acceptors (Lipinski definition) is 4. The number of phenols is 1. The van der Waals surface area contributed by atoms with E-state index in [2.05, 4.69) is 25.7 Å². The minimum absolute atomic E-state index is 0.201. The van der Waals surface area contributed by atoms with Crippen LogP contribution in [-0.2, 0) is 9.05 Å². The van der Waals surface area contributed by atoms with Crippen LogP contribution in [-0.4, -0.2) is 38.1 Å². The van der Waals surface area contributed by atoms with Gasteiger partial charge >= 0.3 is 0 Å². The SMILES string of the molecule is CCN(CC)CC.O=S(=O)(Cl)c1cc(Cl)ccc1O. The molecule has 0 fully saturated rings. The standard InChI is InChI=1S/C6H4Cl2O3S.C6H15N/c7-4-1-2-5(9)6(3-4)12(8,10)11;1-4-7(5-2)6-3/h1-3,9H;4-6H2,1-3H3. The summed E-state index contributed by atoms with van der Waals surface area (Å²) >= 11 is 5.49.